The van der Waals surface area contributed by atoms with Crippen molar-refractivity contribution in [2.75, 3.05) is 32.2 Å². The van der Waals surface area contributed by atoms with Crippen molar-refractivity contribution in [1.29, 1.82) is 0 Å². The minimum absolute atomic E-state index is 0.0813. The van der Waals surface area contributed by atoms with Crippen molar-refractivity contribution in [3.63, 3.8) is 0 Å². The summed E-state index contributed by atoms with van der Waals surface area (Å²) in [6, 6.07) is 16.2. The van der Waals surface area contributed by atoms with Crippen LogP contribution in [0.5, 0.6) is 23.0 Å². The van der Waals surface area contributed by atoms with Crippen molar-refractivity contribution < 1.29 is 32.2 Å². The molecule has 0 aromatic heterocycles. The van der Waals surface area contributed by atoms with Crippen LogP contribution in [-0.4, -0.2) is 41.8 Å². The van der Waals surface area contributed by atoms with Crippen molar-refractivity contribution >= 4 is 21.6 Å². The summed E-state index contributed by atoms with van der Waals surface area (Å²) < 4.78 is 49.8. The standard InChI is InChI=1S/C27H32N2O7S/c1-6-35-22-10-8-21(9-11-22)29-37(31,32)23-12-14-24(18(2)15-23)36-17-27(30)28-19(3)20-7-13-25(33-4)26(16-20)34-5/h7-16,19,29H,6,17H2,1-5H3,(H,28,30)/t19-/m1/s1. The first-order valence-electron chi connectivity index (χ1n) is 11.7. The molecule has 3 aromatic rings. The van der Waals surface area contributed by atoms with Crippen LogP contribution in [0.1, 0.15) is 31.0 Å². The molecule has 2 N–H and O–H groups in total. The first kappa shape index (κ1) is 27.7. The van der Waals surface area contributed by atoms with E-state index in [2.05, 4.69) is 10.0 Å². The number of nitrogens with one attached hydrogen (secondary N) is 2. The van der Waals surface area contributed by atoms with Gasteiger partial charge >= 0.3 is 0 Å². The number of sulfonamides is 1. The molecule has 0 saturated heterocycles. The SMILES string of the molecule is CCOc1ccc(NS(=O)(=O)c2ccc(OCC(=O)N[C@H](C)c3ccc(OC)c(OC)c3)c(C)c2)cc1. The Kier molecular flexibility index (Phi) is 9.24. The Balaban J connectivity index is 1.59. The van der Waals surface area contributed by atoms with Crippen LogP contribution >= 0.6 is 0 Å². The number of ether oxygens (including phenoxy) is 4. The Labute approximate surface area is 217 Å². The quantitative estimate of drug-likeness (QED) is 0.357. The lowest BCUT2D eigenvalue weighted by molar-refractivity contribution is -0.123. The molecular formula is C27H32N2O7S. The maximum absolute atomic E-state index is 12.8. The molecule has 0 aliphatic rings. The van der Waals surface area contributed by atoms with Gasteiger partial charge in [0.05, 0.1) is 31.8 Å². The van der Waals surface area contributed by atoms with Gasteiger partial charge in [-0.3, -0.25) is 9.52 Å². The van der Waals surface area contributed by atoms with Gasteiger partial charge in [-0.05, 0) is 86.5 Å². The molecule has 0 unspecified atom stereocenters. The zero-order valence-electron chi connectivity index (χ0n) is 21.5. The average Bonchev–Trinajstić information content (AvgIpc) is 2.88. The summed E-state index contributed by atoms with van der Waals surface area (Å²) in [5, 5.41) is 2.87. The highest BCUT2D eigenvalue weighted by Gasteiger charge is 2.17. The van der Waals surface area contributed by atoms with Gasteiger partial charge in [-0.1, -0.05) is 6.07 Å². The maximum Gasteiger partial charge on any atom is 0.261 e. The van der Waals surface area contributed by atoms with Crippen LogP contribution in [0.2, 0.25) is 0 Å². The fourth-order valence-electron chi connectivity index (χ4n) is 3.58. The smallest absolute Gasteiger partial charge is 0.261 e. The topological polar surface area (TPSA) is 112 Å². The van der Waals surface area contributed by atoms with Crippen LogP contribution in [0.15, 0.2) is 65.6 Å². The van der Waals surface area contributed by atoms with Gasteiger partial charge in [-0.25, -0.2) is 8.42 Å². The van der Waals surface area contributed by atoms with Gasteiger partial charge in [0.25, 0.3) is 15.9 Å². The van der Waals surface area contributed by atoms with E-state index in [0.717, 1.165) is 5.56 Å². The Morgan fingerprint density at radius 2 is 1.57 bits per heavy atom. The summed E-state index contributed by atoms with van der Waals surface area (Å²) in [5.41, 5.74) is 1.84. The van der Waals surface area contributed by atoms with Gasteiger partial charge in [0.1, 0.15) is 11.5 Å². The Morgan fingerprint density at radius 3 is 2.19 bits per heavy atom. The minimum atomic E-state index is -3.81. The molecule has 198 valence electrons. The summed E-state index contributed by atoms with van der Waals surface area (Å²) >= 11 is 0. The molecule has 0 heterocycles. The number of hydrogen-bond acceptors (Lipinski definition) is 7. The van der Waals surface area contributed by atoms with E-state index in [-0.39, 0.29) is 23.5 Å². The molecule has 9 nitrogen and oxygen atoms in total. The van der Waals surface area contributed by atoms with Crippen molar-refractivity contribution in [3.8, 4) is 23.0 Å². The van der Waals surface area contributed by atoms with Crippen LogP contribution in [0.3, 0.4) is 0 Å². The lowest BCUT2D eigenvalue weighted by Crippen LogP contribution is -2.31. The third kappa shape index (κ3) is 7.29. The average molecular weight is 529 g/mol. The van der Waals surface area contributed by atoms with E-state index >= 15 is 0 Å². The Hall–Kier alpha value is -3.92. The highest BCUT2D eigenvalue weighted by molar-refractivity contribution is 7.92. The first-order chi connectivity index (χ1) is 17.7. The van der Waals surface area contributed by atoms with E-state index in [1.54, 1.807) is 57.5 Å². The molecule has 0 radical (unpaired) electrons. The van der Waals surface area contributed by atoms with Crippen molar-refractivity contribution in [3.05, 3.63) is 71.8 Å². The highest BCUT2D eigenvalue weighted by atomic mass is 32.2. The van der Waals surface area contributed by atoms with Gasteiger partial charge in [0, 0.05) is 5.69 Å². The van der Waals surface area contributed by atoms with E-state index in [9.17, 15) is 13.2 Å². The number of carbonyl (C=O) groups excluding carboxylic acids is 1. The number of amides is 1. The second-order valence-corrected chi connectivity index (χ2v) is 9.86. The summed E-state index contributed by atoms with van der Waals surface area (Å²) in [4.78, 5) is 12.6. The molecule has 0 spiro atoms. The second-order valence-electron chi connectivity index (χ2n) is 8.18. The Bertz CT molecular complexity index is 1330. The zero-order valence-corrected chi connectivity index (χ0v) is 22.3. The predicted octanol–water partition coefficient (Wildman–Crippen LogP) is 4.47. The summed E-state index contributed by atoms with van der Waals surface area (Å²) in [6.07, 6.45) is 0. The van der Waals surface area contributed by atoms with Gasteiger partial charge < -0.3 is 24.3 Å². The number of rotatable bonds is 12. The third-order valence-corrected chi connectivity index (χ3v) is 6.90. The molecule has 3 rings (SSSR count). The van der Waals surface area contributed by atoms with Gasteiger partial charge in [-0.15, -0.1) is 0 Å². The molecular weight excluding hydrogens is 496 g/mol. The predicted molar refractivity (Wildman–Crippen MR) is 141 cm³/mol. The van der Waals surface area contributed by atoms with Crippen LogP contribution in [0.4, 0.5) is 5.69 Å². The van der Waals surface area contributed by atoms with Crippen LogP contribution in [-0.2, 0) is 14.8 Å². The molecule has 1 amide bonds. The summed E-state index contributed by atoms with van der Waals surface area (Å²) in [5.74, 6) is 1.91. The third-order valence-electron chi connectivity index (χ3n) is 5.52. The zero-order chi connectivity index (χ0) is 27.0. The normalized spacial score (nSPS) is 11.8. The molecule has 0 aliphatic carbocycles. The van der Waals surface area contributed by atoms with E-state index in [0.29, 0.717) is 40.9 Å². The molecule has 0 fully saturated rings. The second kappa shape index (κ2) is 12.4. The van der Waals surface area contributed by atoms with Crippen molar-refractivity contribution in [2.24, 2.45) is 0 Å². The monoisotopic (exact) mass is 528 g/mol. The lowest BCUT2D eigenvalue weighted by atomic mass is 10.1. The minimum Gasteiger partial charge on any atom is -0.494 e. The highest BCUT2D eigenvalue weighted by Crippen LogP contribution is 2.30. The number of aryl methyl sites for hydroxylation is 1. The Morgan fingerprint density at radius 1 is 0.892 bits per heavy atom. The molecule has 0 bridgehead atoms. The molecule has 37 heavy (non-hydrogen) atoms. The first-order valence-corrected chi connectivity index (χ1v) is 13.2. The number of anilines is 1. The molecule has 10 heteroatoms. The van der Waals surface area contributed by atoms with Crippen LogP contribution < -0.4 is 29.0 Å². The van der Waals surface area contributed by atoms with Crippen molar-refractivity contribution in [1.82, 2.24) is 5.32 Å². The van der Waals surface area contributed by atoms with Gasteiger partial charge in [0.2, 0.25) is 0 Å². The number of methoxy groups -OCH3 is 2. The van der Waals surface area contributed by atoms with E-state index in [4.69, 9.17) is 18.9 Å². The van der Waals surface area contributed by atoms with E-state index in [1.165, 1.54) is 18.2 Å². The van der Waals surface area contributed by atoms with Crippen LogP contribution in [0, 0.1) is 6.92 Å². The molecule has 0 saturated carbocycles. The molecule has 3 aromatic carbocycles. The fourth-order valence-corrected chi connectivity index (χ4v) is 4.73. The van der Waals surface area contributed by atoms with Crippen molar-refractivity contribution in [2.45, 2.75) is 31.7 Å². The van der Waals surface area contributed by atoms with E-state index in [1.807, 2.05) is 19.9 Å². The molecule has 0 aliphatic heterocycles. The number of hydrogen-bond donors (Lipinski definition) is 2. The molecule has 1 atom stereocenters. The van der Waals surface area contributed by atoms with Crippen LogP contribution in [0.25, 0.3) is 0 Å². The summed E-state index contributed by atoms with van der Waals surface area (Å²) in [7, 11) is -0.704. The largest absolute Gasteiger partial charge is 0.494 e. The van der Waals surface area contributed by atoms with Gasteiger partial charge in [0.15, 0.2) is 18.1 Å². The lowest BCUT2D eigenvalue weighted by Gasteiger charge is -2.17. The number of carbonyl (C=O) groups is 1. The fraction of sp³-hybridized carbons (Fsp3) is 0.296. The maximum atomic E-state index is 12.8. The number of benzene rings is 3. The van der Waals surface area contributed by atoms with Gasteiger partial charge in [-0.2, -0.15) is 0 Å². The summed E-state index contributed by atoms with van der Waals surface area (Å²) in [6.45, 7) is 5.74. The van der Waals surface area contributed by atoms with E-state index < -0.39 is 10.0 Å².